The number of nitrogens with zero attached hydrogens (tertiary/aromatic N) is 1. The minimum atomic E-state index is -3.86. The zero-order valence-corrected chi connectivity index (χ0v) is 19.3. The molecule has 2 atom stereocenters. The molecule has 1 aliphatic rings. The first-order chi connectivity index (χ1) is 14.7. The summed E-state index contributed by atoms with van der Waals surface area (Å²) in [6.07, 6.45) is 1.18. The van der Waals surface area contributed by atoms with E-state index < -0.39 is 22.0 Å². The summed E-state index contributed by atoms with van der Waals surface area (Å²) >= 11 is 0. The molecular weight excluding hydrogens is 414 g/mol. The van der Waals surface area contributed by atoms with Gasteiger partial charge in [0, 0.05) is 24.5 Å². The van der Waals surface area contributed by atoms with Crippen molar-refractivity contribution in [1.29, 1.82) is 0 Å². The van der Waals surface area contributed by atoms with Crippen molar-refractivity contribution in [2.24, 2.45) is 11.8 Å². The molecule has 1 saturated heterocycles. The Balaban J connectivity index is 1.68. The molecule has 0 aliphatic carbocycles. The van der Waals surface area contributed by atoms with E-state index in [1.54, 1.807) is 26.0 Å². The minimum Gasteiger partial charge on any atom is -0.497 e. The van der Waals surface area contributed by atoms with E-state index in [1.165, 1.54) is 25.7 Å². The number of anilines is 2. The molecule has 1 amide bonds. The molecule has 2 aromatic carbocycles. The molecule has 2 aromatic rings. The highest BCUT2D eigenvalue weighted by atomic mass is 32.2. The minimum absolute atomic E-state index is 0.0796. The Morgan fingerprint density at radius 3 is 2.26 bits per heavy atom. The van der Waals surface area contributed by atoms with Crippen molar-refractivity contribution >= 4 is 27.3 Å². The average Bonchev–Trinajstić information content (AvgIpc) is 3.18. The fourth-order valence-corrected chi connectivity index (χ4v) is 4.97. The van der Waals surface area contributed by atoms with Gasteiger partial charge in [-0.3, -0.25) is 4.79 Å². The maximum atomic E-state index is 12.9. The van der Waals surface area contributed by atoms with Crippen LogP contribution >= 0.6 is 0 Å². The number of ether oxygens (including phenoxy) is 1. The lowest BCUT2D eigenvalue weighted by molar-refractivity contribution is -0.118. The molecule has 0 saturated carbocycles. The van der Waals surface area contributed by atoms with E-state index in [2.05, 4.69) is 21.9 Å². The van der Waals surface area contributed by atoms with E-state index in [-0.39, 0.29) is 10.8 Å². The second-order valence-electron chi connectivity index (χ2n) is 8.39. The van der Waals surface area contributed by atoms with Crippen LogP contribution in [-0.4, -0.2) is 40.6 Å². The van der Waals surface area contributed by atoms with Gasteiger partial charge in [0.25, 0.3) is 0 Å². The third-order valence-corrected chi connectivity index (χ3v) is 6.98. The summed E-state index contributed by atoms with van der Waals surface area (Å²) in [5.41, 5.74) is 1.76. The number of rotatable bonds is 8. The molecule has 7 nitrogen and oxygen atoms in total. The van der Waals surface area contributed by atoms with Crippen molar-refractivity contribution in [3.8, 4) is 5.75 Å². The quantitative estimate of drug-likeness (QED) is 0.650. The Morgan fingerprint density at radius 1 is 1.10 bits per heavy atom. The van der Waals surface area contributed by atoms with Crippen molar-refractivity contribution in [3.05, 3.63) is 48.5 Å². The smallest absolute Gasteiger partial charge is 0.242 e. The lowest BCUT2D eigenvalue weighted by atomic mass is 10.0. The first kappa shape index (κ1) is 23.1. The van der Waals surface area contributed by atoms with Gasteiger partial charge in [-0.05, 0) is 66.8 Å². The van der Waals surface area contributed by atoms with Gasteiger partial charge < -0.3 is 15.0 Å². The molecule has 0 radical (unpaired) electrons. The van der Waals surface area contributed by atoms with Gasteiger partial charge in [0.1, 0.15) is 11.8 Å². The molecule has 8 heteroatoms. The van der Waals surface area contributed by atoms with Crippen LogP contribution in [0.5, 0.6) is 5.75 Å². The summed E-state index contributed by atoms with van der Waals surface area (Å²) in [6, 6.07) is 12.8. The van der Waals surface area contributed by atoms with Crippen LogP contribution in [0.2, 0.25) is 0 Å². The normalized spacial score (nSPS) is 17.6. The van der Waals surface area contributed by atoms with Crippen LogP contribution in [0.4, 0.5) is 11.4 Å². The fourth-order valence-electron chi connectivity index (χ4n) is 3.63. The lowest BCUT2D eigenvalue weighted by Crippen LogP contribution is -2.47. The van der Waals surface area contributed by atoms with Gasteiger partial charge in [-0.25, -0.2) is 8.42 Å². The SMILES string of the molecule is COc1ccc(S(=O)(=O)N[C@H](C(=O)Nc2ccc(N3CCC(C)C3)cc2)C(C)C)cc1. The van der Waals surface area contributed by atoms with Gasteiger partial charge in [-0.15, -0.1) is 0 Å². The summed E-state index contributed by atoms with van der Waals surface area (Å²) in [6.45, 7) is 7.92. The van der Waals surface area contributed by atoms with Crippen LogP contribution in [0, 0.1) is 11.8 Å². The number of carbonyl (C=O) groups is 1. The van der Waals surface area contributed by atoms with E-state index in [0.29, 0.717) is 17.4 Å². The highest BCUT2D eigenvalue weighted by Gasteiger charge is 2.28. The first-order valence-electron chi connectivity index (χ1n) is 10.5. The molecule has 1 aliphatic heterocycles. The third-order valence-electron chi connectivity index (χ3n) is 5.52. The summed E-state index contributed by atoms with van der Waals surface area (Å²) in [5.74, 6) is 0.613. The summed E-state index contributed by atoms with van der Waals surface area (Å²) < 4.78 is 33.2. The highest BCUT2D eigenvalue weighted by molar-refractivity contribution is 7.89. The molecule has 1 heterocycles. The van der Waals surface area contributed by atoms with E-state index in [4.69, 9.17) is 4.74 Å². The summed E-state index contributed by atoms with van der Waals surface area (Å²) in [5, 5.41) is 2.84. The molecule has 3 rings (SSSR count). The van der Waals surface area contributed by atoms with Crippen molar-refractivity contribution in [1.82, 2.24) is 4.72 Å². The number of sulfonamides is 1. The molecule has 1 fully saturated rings. The van der Waals surface area contributed by atoms with Gasteiger partial charge >= 0.3 is 0 Å². The van der Waals surface area contributed by atoms with Crippen molar-refractivity contribution in [2.45, 2.75) is 38.1 Å². The Hall–Kier alpha value is -2.58. The van der Waals surface area contributed by atoms with Gasteiger partial charge in [0.05, 0.1) is 12.0 Å². The van der Waals surface area contributed by atoms with E-state index >= 15 is 0 Å². The molecule has 2 N–H and O–H groups in total. The first-order valence-corrected chi connectivity index (χ1v) is 12.0. The standard InChI is InChI=1S/C23H31N3O4S/c1-16(2)22(25-31(28,29)21-11-9-20(30-4)10-12-21)23(27)24-18-5-7-19(8-6-18)26-14-13-17(3)15-26/h5-12,16-17,22,25H,13-15H2,1-4H3,(H,24,27)/t17?,22-/m0/s1. The molecule has 0 aromatic heterocycles. The number of hydrogen-bond acceptors (Lipinski definition) is 5. The zero-order chi connectivity index (χ0) is 22.6. The number of methoxy groups -OCH3 is 1. The number of nitrogens with one attached hydrogen (secondary N) is 2. The second kappa shape index (κ2) is 9.70. The lowest BCUT2D eigenvalue weighted by Gasteiger charge is -2.22. The van der Waals surface area contributed by atoms with Crippen molar-refractivity contribution in [3.63, 3.8) is 0 Å². The number of hydrogen-bond donors (Lipinski definition) is 2. The number of amides is 1. The van der Waals surface area contributed by atoms with Crippen LogP contribution in [-0.2, 0) is 14.8 Å². The Kier molecular flexibility index (Phi) is 7.23. The molecule has 0 bridgehead atoms. The van der Waals surface area contributed by atoms with Crippen LogP contribution in [0.3, 0.4) is 0 Å². The van der Waals surface area contributed by atoms with Gasteiger partial charge in [0.2, 0.25) is 15.9 Å². The predicted octanol–water partition coefficient (Wildman–Crippen LogP) is 3.48. The third kappa shape index (κ3) is 5.77. The molecule has 0 spiro atoms. The Bertz CT molecular complexity index is 988. The fraction of sp³-hybridized carbons (Fsp3) is 0.435. The largest absolute Gasteiger partial charge is 0.497 e. The van der Waals surface area contributed by atoms with Crippen LogP contribution in [0.15, 0.2) is 53.4 Å². The summed E-state index contributed by atoms with van der Waals surface area (Å²) in [4.78, 5) is 15.3. The highest BCUT2D eigenvalue weighted by Crippen LogP contribution is 2.25. The Labute approximate surface area is 184 Å². The van der Waals surface area contributed by atoms with E-state index in [1.807, 2.05) is 24.3 Å². The molecule has 31 heavy (non-hydrogen) atoms. The molecular formula is C23H31N3O4S. The maximum Gasteiger partial charge on any atom is 0.242 e. The number of carbonyl (C=O) groups excluding carboxylic acids is 1. The number of benzene rings is 2. The molecule has 168 valence electrons. The summed E-state index contributed by atoms with van der Waals surface area (Å²) in [7, 11) is -2.35. The maximum absolute atomic E-state index is 12.9. The van der Waals surface area contributed by atoms with Crippen molar-refractivity contribution in [2.75, 3.05) is 30.4 Å². The van der Waals surface area contributed by atoms with Gasteiger partial charge in [0.15, 0.2) is 0 Å². The van der Waals surface area contributed by atoms with Crippen LogP contribution < -0.4 is 19.7 Å². The van der Waals surface area contributed by atoms with Gasteiger partial charge in [-0.2, -0.15) is 4.72 Å². The van der Waals surface area contributed by atoms with Crippen LogP contribution in [0.25, 0.3) is 0 Å². The topological polar surface area (TPSA) is 87.7 Å². The van der Waals surface area contributed by atoms with E-state index in [0.717, 1.165) is 18.8 Å². The predicted molar refractivity (Wildman–Crippen MR) is 123 cm³/mol. The monoisotopic (exact) mass is 445 g/mol. The average molecular weight is 446 g/mol. The van der Waals surface area contributed by atoms with Gasteiger partial charge in [-0.1, -0.05) is 20.8 Å². The molecule has 1 unspecified atom stereocenters. The van der Waals surface area contributed by atoms with Crippen LogP contribution in [0.1, 0.15) is 27.2 Å². The second-order valence-corrected chi connectivity index (χ2v) is 10.1. The zero-order valence-electron chi connectivity index (χ0n) is 18.5. The van der Waals surface area contributed by atoms with E-state index in [9.17, 15) is 13.2 Å². The van der Waals surface area contributed by atoms with Crippen molar-refractivity contribution < 1.29 is 17.9 Å². The Morgan fingerprint density at radius 2 is 1.74 bits per heavy atom.